The first-order chi connectivity index (χ1) is 8.19. The summed E-state index contributed by atoms with van der Waals surface area (Å²) in [7, 11) is 0. The van der Waals surface area contributed by atoms with Gasteiger partial charge in [0.05, 0.1) is 0 Å². The van der Waals surface area contributed by atoms with Crippen molar-refractivity contribution in [3.63, 3.8) is 0 Å². The lowest BCUT2D eigenvalue weighted by atomic mass is 10.2. The molecule has 0 aliphatic heterocycles. The van der Waals surface area contributed by atoms with Crippen molar-refractivity contribution in [2.75, 3.05) is 0 Å². The second kappa shape index (κ2) is 5.69. The summed E-state index contributed by atoms with van der Waals surface area (Å²) in [4.78, 5) is 2.04. The van der Waals surface area contributed by atoms with Crippen LogP contribution in [0.3, 0.4) is 0 Å². The Hall–Kier alpha value is -0.800. The van der Waals surface area contributed by atoms with E-state index in [-0.39, 0.29) is 5.82 Å². The van der Waals surface area contributed by atoms with Gasteiger partial charge in [-0.05, 0) is 48.4 Å². The summed E-state index contributed by atoms with van der Waals surface area (Å²) in [5.74, 6) is -0.116. The lowest BCUT2D eigenvalue weighted by Crippen LogP contribution is -1.87. The van der Waals surface area contributed by atoms with Crippen LogP contribution < -0.4 is 0 Å². The SMILES string of the molecule is CCc1ccc(Sc2ccc(Br)cc2)cc1F. The molecule has 0 aliphatic carbocycles. The van der Waals surface area contributed by atoms with Gasteiger partial charge < -0.3 is 0 Å². The fourth-order valence-electron chi connectivity index (χ4n) is 1.52. The normalized spacial score (nSPS) is 10.5. The molecule has 0 N–H and O–H groups in total. The largest absolute Gasteiger partial charge is 0.207 e. The van der Waals surface area contributed by atoms with Crippen molar-refractivity contribution in [3.05, 3.63) is 58.3 Å². The van der Waals surface area contributed by atoms with E-state index >= 15 is 0 Å². The van der Waals surface area contributed by atoms with E-state index in [0.29, 0.717) is 0 Å². The van der Waals surface area contributed by atoms with Gasteiger partial charge in [-0.2, -0.15) is 0 Å². The molecule has 0 saturated heterocycles. The van der Waals surface area contributed by atoms with Crippen molar-refractivity contribution >= 4 is 27.7 Å². The Morgan fingerprint density at radius 2 is 1.71 bits per heavy atom. The van der Waals surface area contributed by atoms with Gasteiger partial charge in [-0.25, -0.2) is 4.39 Å². The van der Waals surface area contributed by atoms with Crippen molar-refractivity contribution in [3.8, 4) is 0 Å². The van der Waals surface area contributed by atoms with Crippen molar-refractivity contribution in [1.82, 2.24) is 0 Å². The topological polar surface area (TPSA) is 0 Å². The van der Waals surface area contributed by atoms with Gasteiger partial charge in [-0.15, -0.1) is 0 Å². The fourth-order valence-corrected chi connectivity index (χ4v) is 2.62. The van der Waals surface area contributed by atoms with Gasteiger partial charge in [-0.3, -0.25) is 0 Å². The van der Waals surface area contributed by atoms with Crippen LogP contribution in [0.5, 0.6) is 0 Å². The predicted octanol–water partition coefficient (Wildman–Crippen LogP) is 5.30. The second-order valence-electron chi connectivity index (χ2n) is 3.66. The Labute approximate surface area is 113 Å². The van der Waals surface area contributed by atoms with Crippen LogP contribution in [-0.4, -0.2) is 0 Å². The minimum Gasteiger partial charge on any atom is -0.207 e. The Morgan fingerprint density at radius 3 is 2.29 bits per heavy atom. The lowest BCUT2D eigenvalue weighted by Gasteiger charge is -2.04. The van der Waals surface area contributed by atoms with Crippen LogP contribution in [0.4, 0.5) is 4.39 Å². The molecule has 0 radical (unpaired) electrons. The molecular weight excluding hydrogens is 299 g/mol. The van der Waals surface area contributed by atoms with E-state index in [1.54, 1.807) is 17.8 Å². The third kappa shape index (κ3) is 3.33. The minimum absolute atomic E-state index is 0.116. The molecule has 0 saturated carbocycles. The molecule has 0 amide bonds. The van der Waals surface area contributed by atoms with E-state index in [2.05, 4.69) is 15.9 Å². The molecule has 0 heterocycles. The molecule has 2 aromatic carbocycles. The molecule has 0 nitrogen and oxygen atoms in total. The number of hydrogen-bond acceptors (Lipinski definition) is 1. The first-order valence-corrected chi connectivity index (χ1v) is 7.02. The summed E-state index contributed by atoms with van der Waals surface area (Å²) in [6.07, 6.45) is 0.731. The third-order valence-electron chi connectivity index (χ3n) is 2.45. The summed E-state index contributed by atoms with van der Waals surface area (Å²) in [6, 6.07) is 13.4. The monoisotopic (exact) mass is 310 g/mol. The van der Waals surface area contributed by atoms with Crippen molar-refractivity contribution in [1.29, 1.82) is 0 Å². The summed E-state index contributed by atoms with van der Waals surface area (Å²) in [5, 5.41) is 0. The third-order valence-corrected chi connectivity index (χ3v) is 3.98. The molecule has 17 heavy (non-hydrogen) atoms. The summed E-state index contributed by atoms with van der Waals surface area (Å²) in [6.45, 7) is 1.96. The fraction of sp³-hybridized carbons (Fsp3) is 0.143. The highest BCUT2D eigenvalue weighted by atomic mass is 79.9. The summed E-state index contributed by atoms with van der Waals surface area (Å²) >= 11 is 4.96. The maximum Gasteiger partial charge on any atom is 0.127 e. The highest BCUT2D eigenvalue weighted by molar-refractivity contribution is 9.10. The molecular formula is C14H12BrFS. The molecule has 0 aliphatic rings. The average molecular weight is 311 g/mol. The maximum absolute atomic E-state index is 13.6. The number of benzene rings is 2. The Balaban J connectivity index is 2.19. The average Bonchev–Trinajstić information content (AvgIpc) is 2.32. The van der Waals surface area contributed by atoms with Crippen LogP contribution >= 0.6 is 27.7 Å². The van der Waals surface area contributed by atoms with E-state index in [4.69, 9.17) is 0 Å². The van der Waals surface area contributed by atoms with Crippen molar-refractivity contribution < 1.29 is 4.39 Å². The van der Waals surface area contributed by atoms with Gasteiger partial charge in [0.25, 0.3) is 0 Å². The van der Waals surface area contributed by atoms with E-state index in [1.165, 1.54) is 0 Å². The van der Waals surface area contributed by atoms with E-state index in [1.807, 2.05) is 43.3 Å². The van der Waals surface area contributed by atoms with Gasteiger partial charge in [0.15, 0.2) is 0 Å². The molecule has 3 heteroatoms. The molecule has 0 atom stereocenters. The maximum atomic E-state index is 13.6. The molecule has 0 aromatic heterocycles. The van der Waals surface area contributed by atoms with Gasteiger partial charge in [0.1, 0.15) is 5.82 Å². The van der Waals surface area contributed by atoms with Crippen molar-refractivity contribution in [2.45, 2.75) is 23.1 Å². The minimum atomic E-state index is -0.116. The standard InChI is InChI=1S/C14H12BrFS/c1-2-10-3-6-13(9-14(10)16)17-12-7-4-11(15)5-8-12/h3-9H,2H2,1H3. The highest BCUT2D eigenvalue weighted by Gasteiger charge is 2.03. The number of rotatable bonds is 3. The molecule has 88 valence electrons. The van der Waals surface area contributed by atoms with Crippen LogP contribution in [0.1, 0.15) is 12.5 Å². The lowest BCUT2D eigenvalue weighted by molar-refractivity contribution is 0.608. The zero-order valence-corrected chi connectivity index (χ0v) is 11.8. The molecule has 0 unspecified atom stereocenters. The number of aryl methyl sites for hydroxylation is 1. The van der Waals surface area contributed by atoms with Crippen molar-refractivity contribution in [2.24, 2.45) is 0 Å². The summed E-state index contributed by atoms with van der Waals surface area (Å²) < 4.78 is 14.6. The van der Waals surface area contributed by atoms with E-state index in [9.17, 15) is 4.39 Å². The quantitative estimate of drug-likeness (QED) is 0.741. The first kappa shape index (κ1) is 12.7. The Morgan fingerprint density at radius 1 is 1.06 bits per heavy atom. The Bertz CT molecular complexity index is 508. The first-order valence-electron chi connectivity index (χ1n) is 5.41. The van der Waals surface area contributed by atoms with Gasteiger partial charge in [-0.1, -0.05) is 40.7 Å². The van der Waals surface area contributed by atoms with E-state index in [0.717, 1.165) is 26.2 Å². The molecule has 2 aromatic rings. The van der Waals surface area contributed by atoms with Crippen LogP contribution in [-0.2, 0) is 6.42 Å². The van der Waals surface area contributed by atoms with Crippen LogP contribution in [0.2, 0.25) is 0 Å². The number of halogens is 2. The number of hydrogen-bond donors (Lipinski definition) is 0. The predicted molar refractivity (Wildman–Crippen MR) is 74.0 cm³/mol. The second-order valence-corrected chi connectivity index (χ2v) is 5.73. The van der Waals surface area contributed by atoms with Gasteiger partial charge in [0.2, 0.25) is 0 Å². The van der Waals surface area contributed by atoms with Gasteiger partial charge >= 0.3 is 0 Å². The molecule has 0 fully saturated rings. The van der Waals surface area contributed by atoms with Crippen LogP contribution in [0.25, 0.3) is 0 Å². The Kier molecular flexibility index (Phi) is 4.24. The zero-order chi connectivity index (χ0) is 12.3. The zero-order valence-electron chi connectivity index (χ0n) is 9.41. The highest BCUT2D eigenvalue weighted by Crippen LogP contribution is 2.29. The molecule has 0 bridgehead atoms. The molecule has 0 spiro atoms. The van der Waals surface area contributed by atoms with Crippen LogP contribution in [0.15, 0.2) is 56.7 Å². The summed E-state index contributed by atoms with van der Waals surface area (Å²) in [5.41, 5.74) is 0.769. The smallest absolute Gasteiger partial charge is 0.127 e. The van der Waals surface area contributed by atoms with Gasteiger partial charge in [0, 0.05) is 14.3 Å². The molecule has 2 rings (SSSR count). The van der Waals surface area contributed by atoms with E-state index < -0.39 is 0 Å². The van der Waals surface area contributed by atoms with Crippen LogP contribution in [0, 0.1) is 5.82 Å².